The van der Waals surface area contributed by atoms with Crippen molar-refractivity contribution in [3.8, 4) is 0 Å². The summed E-state index contributed by atoms with van der Waals surface area (Å²) in [6.07, 6.45) is 9.72. The van der Waals surface area contributed by atoms with E-state index in [0.29, 0.717) is 18.8 Å². The fraction of sp³-hybridized carbons (Fsp3) is 0.350. The van der Waals surface area contributed by atoms with Crippen molar-refractivity contribution < 1.29 is 14.4 Å². The van der Waals surface area contributed by atoms with Crippen molar-refractivity contribution in [2.24, 2.45) is 0 Å². The number of hydrogen-bond donors (Lipinski definition) is 4. The Morgan fingerprint density at radius 2 is 2.03 bits per heavy atom. The molecule has 1 saturated carbocycles. The summed E-state index contributed by atoms with van der Waals surface area (Å²) in [7, 11) is 1.54. The van der Waals surface area contributed by atoms with E-state index in [1.807, 2.05) is 0 Å². The van der Waals surface area contributed by atoms with Gasteiger partial charge >= 0.3 is 0 Å². The molecule has 0 bridgehead atoms. The lowest BCUT2D eigenvalue weighted by Gasteiger charge is -2.18. The van der Waals surface area contributed by atoms with Gasteiger partial charge in [-0.3, -0.25) is 14.4 Å². The number of anilines is 2. The molecule has 1 aliphatic carbocycles. The van der Waals surface area contributed by atoms with Gasteiger partial charge in [-0.1, -0.05) is 0 Å². The van der Waals surface area contributed by atoms with Gasteiger partial charge in [-0.15, -0.1) is 0 Å². The Hall–Kier alpha value is -3.93. The average Bonchev–Trinajstić information content (AvgIpc) is 3.52. The van der Waals surface area contributed by atoms with E-state index in [0.717, 1.165) is 31.2 Å². The quantitative estimate of drug-likeness (QED) is 0.347. The van der Waals surface area contributed by atoms with Gasteiger partial charge in [0.2, 0.25) is 0 Å². The third-order valence-electron chi connectivity index (χ3n) is 4.93. The van der Waals surface area contributed by atoms with Crippen LogP contribution in [0.15, 0.2) is 36.3 Å². The highest BCUT2D eigenvalue weighted by molar-refractivity contribution is 6.04. The topological polar surface area (TPSA) is 158 Å². The van der Waals surface area contributed by atoms with Crippen LogP contribution in [0.2, 0.25) is 0 Å². The molecule has 1 saturated heterocycles. The Kier molecular flexibility index (Phi) is 6.31. The van der Waals surface area contributed by atoms with E-state index < -0.39 is 11.8 Å². The molecule has 1 aliphatic heterocycles. The highest BCUT2D eigenvalue weighted by Gasteiger charge is 2.29. The van der Waals surface area contributed by atoms with Crippen molar-refractivity contribution in [1.29, 1.82) is 5.41 Å². The maximum absolute atomic E-state index is 13.2. The van der Waals surface area contributed by atoms with Crippen molar-refractivity contribution in [1.82, 2.24) is 35.6 Å². The molecule has 0 unspecified atom stereocenters. The molecule has 4 N–H and O–H groups in total. The highest BCUT2D eigenvalue weighted by atomic mass is 16.7. The van der Waals surface area contributed by atoms with Crippen LogP contribution in [0.3, 0.4) is 0 Å². The molecule has 0 radical (unpaired) electrons. The third-order valence-corrected chi connectivity index (χ3v) is 4.93. The molecule has 2 aromatic heterocycles. The van der Waals surface area contributed by atoms with Crippen LogP contribution in [0.4, 0.5) is 11.5 Å². The van der Waals surface area contributed by atoms with Gasteiger partial charge in [-0.25, -0.2) is 25.0 Å². The van der Waals surface area contributed by atoms with Gasteiger partial charge in [-0.2, -0.15) is 0 Å². The molecule has 32 heavy (non-hydrogen) atoms. The summed E-state index contributed by atoms with van der Waals surface area (Å²) >= 11 is 0. The van der Waals surface area contributed by atoms with E-state index in [1.54, 1.807) is 18.6 Å². The summed E-state index contributed by atoms with van der Waals surface area (Å²) < 4.78 is 0. The van der Waals surface area contributed by atoms with Gasteiger partial charge in [0, 0.05) is 19.2 Å². The molecule has 0 atom stereocenters. The van der Waals surface area contributed by atoms with Gasteiger partial charge < -0.3 is 21.4 Å². The van der Waals surface area contributed by atoms with Crippen LogP contribution in [0.25, 0.3) is 0 Å². The lowest BCUT2D eigenvalue weighted by Crippen LogP contribution is -2.37. The number of amides is 2. The number of hydrogen-bond acceptors (Lipinski definition) is 10. The van der Waals surface area contributed by atoms with Crippen LogP contribution >= 0.6 is 0 Å². The number of nitrogens with one attached hydrogen (secondary N) is 4. The predicted molar refractivity (Wildman–Crippen MR) is 114 cm³/mol. The van der Waals surface area contributed by atoms with Crippen molar-refractivity contribution in [3.63, 3.8) is 0 Å². The standard InChI is InChI=1S/C20H23N9O3/c1-22-16(20(31)29-5-2-6-32-29)14(7-21)28-19(30)17-18(26-13-8-23-11-24-9-13)25-10-15(27-17)12-3-4-12/h7-12,21-22H,2-6H2,1H3,(H,25,26)(H,28,30)/b16-14+,21-7?. The summed E-state index contributed by atoms with van der Waals surface area (Å²) in [5, 5.41) is 17.3. The minimum atomic E-state index is -0.610. The molecule has 2 aliphatic rings. The fourth-order valence-corrected chi connectivity index (χ4v) is 3.17. The molecule has 4 rings (SSSR count). The molecule has 12 nitrogen and oxygen atoms in total. The van der Waals surface area contributed by atoms with E-state index in [4.69, 9.17) is 10.2 Å². The summed E-state index contributed by atoms with van der Waals surface area (Å²) in [6.45, 7) is 0.877. The van der Waals surface area contributed by atoms with Gasteiger partial charge in [0.15, 0.2) is 11.5 Å². The Morgan fingerprint density at radius 3 is 2.66 bits per heavy atom. The minimum absolute atomic E-state index is 0.00869. The van der Waals surface area contributed by atoms with E-state index >= 15 is 0 Å². The highest BCUT2D eigenvalue weighted by Crippen LogP contribution is 2.39. The summed E-state index contributed by atoms with van der Waals surface area (Å²) in [5.41, 5.74) is 1.33. The van der Waals surface area contributed by atoms with Gasteiger partial charge in [0.1, 0.15) is 12.0 Å². The van der Waals surface area contributed by atoms with E-state index in [9.17, 15) is 9.59 Å². The predicted octanol–water partition coefficient (Wildman–Crippen LogP) is 0.862. The monoisotopic (exact) mass is 437 g/mol. The second-order valence-electron chi connectivity index (χ2n) is 7.25. The lowest BCUT2D eigenvalue weighted by atomic mass is 10.2. The first-order valence-corrected chi connectivity index (χ1v) is 10.2. The zero-order valence-corrected chi connectivity index (χ0v) is 17.5. The van der Waals surface area contributed by atoms with Crippen molar-refractivity contribution >= 4 is 29.5 Å². The lowest BCUT2D eigenvalue weighted by molar-refractivity contribution is -0.164. The molecular weight excluding hydrogens is 414 g/mol. The number of rotatable bonds is 8. The Labute approximate surface area is 184 Å². The molecule has 2 fully saturated rings. The van der Waals surface area contributed by atoms with E-state index in [-0.39, 0.29) is 28.8 Å². The number of nitrogens with zero attached hydrogens (tertiary/aromatic N) is 5. The van der Waals surface area contributed by atoms with E-state index in [2.05, 4.69) is 35.9 Å². The largest absolute Gasteiger partial charge is 0.382 e. The number of likely N-dealkylation sites (N-methyl/N-ethyl adjacent to an activating group) is 1. The average molecular weight is 437 g/mol. The Bertz CT molecular complexity index is 1050. The normalized spacial score (nSPS) is 16.2. The fourth-order valence-electron chi connectivity index (χ4n) is 3.17. The zero-order valence-electron chi connectivity index (χ0n) is 17.5. The van der Waals surface area contributed by atoms with Crippen LogP contribution in [-0.4, -0.2) is 63.2 Å². The maximum Gasteiger partial charge on any atom is 0.295 e. The molecule has 3 heterocycles. The van der Waals surface area contributed by atoms with Crippen LogP contribution in [0, 0.1) is 5.41 Å². The van der Waals surface area contributed by atoms with Gasteiger partial charge in [0.05, 0.1) is 48.8 Å². The summed E-state index contributed by atoms with van der Waals surface area (Å²) in [6, 6.07) is 0. The van der Waals surface area contributed by atoms with Crippen molar-refractivity contribution in [3.05, 3.63) is 47.7 Å². The van der Waals surface area contributed by atoms with Gasteiger partial charge in [0.25, 0.3) is 11.8 Å². The summed E-state index contributed by atoms with van der Waals surface area (Å²) in [5.74, 6) is -0.587. The number of carbonyl (C=O) groups is 2. The first-order valence-electron chi connectivity index (χ1n) is 10.2. The van der Waals surface area contributed by atoms with Gasteiger partial charge in [-0.05, 0) is 19.3 Å². The number of aromatic nitrogens is 4. The molecule has 2 aromatic rings. The summed E-state index contributed by atoms with van der Waals surface area (Å²) in [4.78, 5) is 48.0. The molecule has 0 spiro atoms. The first kappa shape index (κ1) is 21.3. The van der Waals surface area contributed by atoms with Crippen LogP contribution in [-0.2, 0) is 9.63 Å². The molecule has 166 valence electrons. The minimum Gasteiger partial charge on any atom is -0.382 e. The Morgan fingerprint density at radius 1 is 1.25 bits per heavy atom. The Balaban J connectivity index is 1.63. The second-order valence-corrected chi connectivity index (χ2v) is 7.25. The van der Waals surface area contributed by atoms with Crippen LogP contribution in [0.1, 0.15) is 41.4 Å². The van der Waals surface area contributed by atoms with Crippen LogP contribution in [0.5, 0.6) is 0 Å². The molecular formula is C20H23N9O3. The third kappa shape index (κ3) is 4.70. The zero-order chi connectivity index (χ0) is 22.5. The number of hydroxylamine groups is 2. The maximum atomic E-state index is 13.2. The smallest absolute Gasteiger partial charge is 0.295 e. The van der Waals surface area contributed by atoms with E-state index in [1.165, 1.54) is 18.4 Å². The molecule has 0 aromatic carbocycles. The SMILES string of the molecule is CN/C(C(=O)N1CCCO1)=C(\C=N)NC(=O)c1nc(C2CC2)cnc1Nc1cncnc1. The van der Waals surface area contributed by atoms with Crippen LogP contribution < -0.4 is 16.0 Å². The second kappa shape index (κ2) is 9.47. The molecule has 12 heteroatoms. The number of allylic oxidation sites excluding steroid dienone is 1. The first-order chi connectivity index (χ1) is 15.6. The number of carbonyl (C=O) groups excluding carboxylic acids is 2. The van der Waals surface area contributed by atoms with Crippen molar-refractivity contribution in [2.75, 3.05) is 25.5 Å². The van der Waals surface area contributed by atoms with Crippen molar-refractivity contribution in [2.45, 2.75) is 25.2 Å². The molecule has 2 amide bonds.